The molecule has 3 rings (SSSR count). The number of hydrogen-bond donors (Lipinski definition) is 0. The van der Waals surface area contributed by atoms with Crippen LogP contribution in [0.4, 0.5) is 5.69 Å². The Labute approximate surface area is 111 Å². The number of nitrogens with zero attached hydrogens (tertiary/aromatic N) is 1. The normalized spacial score (nSPS) is 18.9. The minimum atomic E-state index is 0.215. The van der Waals surface area contributed by atoms with E-state index in [1.54, 1.807) is 4.90 Å². The van der Waals surface area contributed by atoms with Crippen LogP contribution in [-0.2, 0) is 4.79 Å². The van der Waals surface area contributed by atoms with Crippen LogP contribution in [-0.4, -0.2) is 13.0 Å². The highest BCUT2D eigenvalue weighted by atomic mass is 32.1. The number of amides is 1. The van der Waals surface area contributed by atoms with E-state index in [1.807, 2.05) is 36.6 Å². The summed E-state index contributed by atoms with van der Waals surface area (Å²) in [5, 5.41) is 0. The molecular formula is C15H15NOS. The zero-order valence-corrected chi connectivity index (χ0v) is 11.3. The molecule has 1 amide bonds. The number of fused-ring (bicyclic) bond motifs is 1. The van der Waals surface area contributed by atoms with Gasteiger partial charge in [-0.15, -0.1) is 11.3 Å². The molecule has 0 saturated carbocycles. The van der Waals surface area contributed by atoms with Crippen LogP contribution in [0.15, 0.2) is 36.4 Å². The van der Waals surface area contributed by atoms with Gasteiger partial charge in [0.1, 0.15) is 0 Å². The average molecular weight is 257 g/mol. The van der Waals surface area contributed by atoms with Crippen LogP contribution < -0.4 is 4.90 Å². The largest absolute Gasteiger partial charge is 0.314 e. The van der Waals surface area contributed by atoms with E-state index in [2.05, 4.69) is 25.1 Å². The Kier molecular flexibility index (Phi) is 2.71. The summed E-state index contributed by atoms with van der Waals surface area (Å²) in [6.45, 7) is 2.13. The van der Waals surface area contributed by atoms with Gasteiger partial charge in [0.05, 0.1) is 5.69 Å². The fourth-order valence-corrected chi connectivity index (χ4v) is 3.63. The van der Waals surface area contributed by atoms with Gasteiger partial charge in [-0.25, -0.2) is 0 Å². The van der Waals surface area contributed by atoms with Gasteiger partial charge in [-0.3, -0.25) is 4.79 Å². The summed E-state index contributed by atoms with van der Waals surface area (Å²) >= 11 is 1.81. The van der Waals surface area contributed by atoms with Crippen molar-refractivity contribution in [3.8, 4) is 10.4 Å². The fraction of sp³-hybridized carbons (Fsp3) is 0.267. The molecule has 0 fully saturated rings. The Morgan fingerprint density at radius 1 is 1.28 bits per heavy atom. The number of hydrogen-bond acceptors (Lipinski definition) is 2. The van der Waals surface area contributed by atoms with Crippen LogP contribution in [0.25, 0.3) is 10.4 Å². The molecule has 92 valence electrons. The SMILES string of the molecule is CC1CC(=O)N(C)c2cc(-c3ccccc3)sc21. The molecule has 0 saturated heterocycles. The maximum absolute atomic E-state index is 11.8. The third-order valence-corrected chi connectivity index (χ3v) is 4.87. The molecule has 0 radical (unpaired) electrons. The first-order valence-corrected chi connectivity index (χ1v) is 6.94. The maximum atomic E-state index is 11.8. The highest BCUT2D eigenvalue weighted by molar-refractivity contribution is 7.16. The summed E-state index contributed by atoms with van der Waals surface area (Å²) in [5.41, 5.74) is 2.31. The summed E-state index contributed by atoms with van der Waals surface area (Å²) in [4.78, 5) is 16.2. The second-order valence-corrected chi connectivity index (χ2v) is 5.87. The standard InChI is InChI=1S/C15H15NOS/c1-10-8-14(17)16(2)12-9-13(18-15(10)12)11-6-4-3-5-7-11/h3-7,9-10H,8H2,1-2H3. The summed E-state index contributed by atoms with van der Waals surface area (Å²) in [5.74, 6) is 0.554. The quantitative estimate of drug-likeness (QED) is 0.759. The van der Waals surface area contributed by atoms with Gasteiger partial charge in [-0.1, -0.05) is 37.3 Å². The van der Waals surface area contributed by atoms with Gasteiger partial charge >= 0.3 is 0 Å². The summed E-state index contributed by atoms with van der Waals surface area (Å²) < 4.78 is 0. The molecule has 18 heavy (non-hydrogen) atoms. The number of rotatable bonds is 1. The second kappa shape index (κ2) is 4.25. The molecule has 0 aliphatic carbocycles. The molecule has 3 heteroatoms. The molecule has 2 aromatic rings. The highest BCUT2D eigenvalue weighted by Gasteiger charge is 2.28. The van der Waals surface area contributed by atoms with Crippen molar-refractivity contribution in [3.05, 3.63) is 41.3 Å². The van der Waals surface area contributed by atoms with Gasteiger partial charge in [-0.2, -0.15) is 0 Å². The average Bonchev–Trinajstić information content (AvgIpc) is 2.83. The molecule has 1 unspecified atom stereocenters. The lowest BCUT2D eigenvalue weighted by atomic mass is 9.99. The summed E-state index contributed by atoms with van der Waals surface area (Å²) in [6, 6.07) is 12.5. The topological polar surface area (TPSA) is 20.3 Å². The lowest BCUT2D eigenvalue weighted by molar-refractivity contribution is -0.118. The van der Waals surface area contributed by atoms with E-state index in [0.29, 0.717) is 12.3 Å². The molecule has 1 aliphatic heterocycles. The molecule has 2 heterocycles. The van der Waals surface area contributed by atoms with Crippen molar-refractivity contribution in [3.63, 3.8) is 0 Å². The van der Waals surface area contributed by atoms with E-state index in [1.165, 1.54) is 15.3 Å². The fourth-order valence-electron chi connectivity index (χ4n) is 2.38. The van der Waals surface area contributed by atoms with Gasteiger partial charge < -0.3 is 4.90 Å². The van der Waals surface area contributed by atoms with Crippen molar-refractivity contribution >= 4 is 22.9 Å². The predicted molar refractivity (Wildman–Crippen MR) is 76.2 cm³/mol. The minimum absolute atomic E-state index is 0.215. The van der Waals surface area contributed by atoms with Gasteiger partial charge in [0.25, 0.3) is 0 Å². The molecule has 1 atom stereocenters. The van der Waals surface area contributed by atoms with Gasteiger partial charge in [0.2, 0.25) is 5.91 Å². The summed E-state index contributed by atoms with van der Waals surface area (Å²) in [7, 11) is 1.87. The van der Waals surface area contributed by atoms with Crippen molar-refractivity contribution < 1.29 is 4.79 Å². The Balaban J connectivity index is 2.10. The Morgan fingerprint density at radius 2 is 2.00 bits per heavy atom. The van der Waals surface area contributed by atoms with Crippen molar-refractivity contribution in [2.75, 3.05) is 11.9 Å². The first-order chi connectivity index (χ1) is 8.66. The third-order valence-electron chi connectivity index (χ3n) is 3.46. The van der Waals surface area contributed by atoms with Crippen LogP contribution in [0, 0.1) is 0 Å². The first-order valence-electron chi connectivity index (χ1n) is 6.12. The van der Waals surface area contributed by atoms with Crippen LogP contribution in [0.1, 0.15) is 24.1 Å². The lowest BCUT2D eigenvalue weighted by Crippen LogP contribution is -2.31. The summed E-state index contributed by atoms with van der Waals surface area (Å²) in [6.07, 6.45) is 0.623. The van der Waals surface area contributed by atoms with Gasteiger partial charge in [0.15, 0.2) is 0 Å². The highest BCUT2D eigenvalue weighted by Crippen LogP contribution is 2.44. The lowest BCUT2D eigenvalue weighted by Gasteiger charge is -2.26. The molecule has 1 aromatic carbocycles. The van der Waals surface area contributed by atoms with Crippen molar-refractivity contribution in [2.24, 2.45) is 0 Å². The van der Waals surface area contributed by atoms with E-state index >= 15 is 0 Å². The van der Waals surface area contributed by atoms with Crippen molar-refractivity contribution in [1.29, 1.82) is 0 Å². The number of carbonyl (C=O) groups is 1. The molecule has 0 bridgehead atoms. The molecule has 1 aromatic heterocycles. The van der Waals surface area contributed by atoms with Crippen LogP contribution in [0.5, 0.6) is 0 Å². The first kappa shape index (κ1) is 11.5. The Hall–Kier alpha value is -1.61. The third kappa shape index (κ3) is 1.75. The molecule has 2 nitrogen and oxygen atoms in total. The molecular weight excluding hydrogens is 242 g/mol. The van der Waals surface area contributed by atoms with E-state index in [0.717, 1.165) is 5.69 Å². The maximum Gasteiger partial charge on any atom is 0.227 e. The van der Waals surface area contributed by atoms with Crippen molar-refractivity contribution in [2.45, 2.75) is 19.3 Å². The van der Waals surface area contributed by atoms with E-state index < -0.39 is 0 Å². The van der Waals surface area contributed by atoms with Crippen LogP contribution in [0.3, 0.4) is 0 Å². The van der Waals surface area contributed by atoms with Crippen molar-refractivity contribution in [1.82, 2.24) is 0 Å². The smallest absolute Gasteiger partial charge is 0.227 e. The zero-order chi connectivity index (χ0) is 12.7. The Bertz CT molecular complexity index is 588. The molecule has 1 aliphatic rings. The number of anilines is 1. The monoisotopic (exact) mass is 257 g/mol. The second-order valence-electron chi connectivity index (χ2n) is 4.78. The van der Waals surface area contributed by atoms with Crippen LogP contribution >= 0.6 is 11.3 Å². The number of thiophene rings is 1. The molecule has 0 spiro atoms. The number of benzene rings is 1. The number of carbonyl (C=O) groups excluding carboxylic acids is 1. The zero-order valence-electron chi connectivity index (χ0n) is 10.5. The Morgan fingerprint density at radius 3 is 2.72 bits per heavy atom. The molecule has 0 N–H and O–H groups in total. The van der Waals surface area contributed by atoms with E-state index in [9.17, 15) is 4.79 Å². The predicted octanol–water partition coefficient (Wildman–Crippen LogP) is 3.89. The van der Waals surface area contributed by atoms with Gasteiger partial charge in [-0.05, 0) is 11.6 Å². The van der Waals surface area contributed by atoms with Crippen LogP contribution in [0.2, 0.25) is 0 Å². The minimum Gasteiger partial charge on any atom is -0.314 e. The van der Waals surface area contributed by atoms with Gasteiger partial charge in [0, 0.05) is 29.1 Å². The van der Waals surface area contributed by atoms with E-state index in [4.69, 9.17) is 0 Å². The van der Waals surface area contributed by atoms with E-state index in [-0.39, 0.29) is 5.91 Å².